The zero-order valence-electron chi connectivity index (χ0n) is 14.4. The van der Waals surface area contributed by atoms with Crippen molar-refractivity contribution >= 4 is 39.6 Å². The van der Waals surface area contributed by atoms with Crippen molar-refractivity contribution in [3.8, 4) is 0 Å². The molecule has 0 bridgehead atoms. The van der Waals surface area contributed by atoms with E-state index in [1.807, 2.05) is 17.5 Å². The topological polar surface area (TPSA) is 155 Å². The van der Waals surface area contributed by atoms with Gasteiger partial charge in [0.25, 0.3) is 0 Å². The molecule has 1 unspecified atom stereocenters. The summed E-state index contributed by atoms with van der Waals surface area (Å²) < 4.78 is 29.1. The molecule has 13 heteroatoms. The van der Waals surface area contributed by atoms with Gasteiger partial charge in [0.05, 0.1) is 12.9 Å². The molecule has 0 spiro atoms. The Bertz CT molecular complexity index is 967. The maximum Gasteiger partial charge on any atom is 0.231 e. The van der Waals surface area contributed by atoms with E-state index in [1.54, 1.807) is 11.3 Å². The van der Waals surface area contributed by atoms with Crippen molar-refractivity contribution in [2.24, 2.45) is 0 Å². The third-order valence-electron chi connectivity index (χ3n) is 4.39. The molecule has 28 heavy (non-hydrogen) atoms. The van der Waals surface area contributed by atoms with Crippen LogP contribution in [0, 0.1) is 0 Å². The van der Waals surface area contributed by atoms with Crippen LogP contribution in [0.5, 0.6) is 0 Å². The van der Waals surface area contributed by atoms with Gasteiger partial charge in [0.2, 0.25) is 11.3 Å². The van der Waals surface area contributed by atoms with Crippen molar-refractivity contribution in [1.82, 2.24) is 24.2 Å². The Labute approximate surface area is 165 Å². The van der Waals surface area contributed by atoms with E-state index in [2.05, 4.69) is 25.0 Å². The number of thiophene rings is 1. The van der Waals surface area contributed by atoms with E-state index in [4.69, 9.17) is 9.29 Å². The lowest BCUT2D eigenvalue weighted by molar-refractivity contribution is -0.0330. The molecule has 0 amide bonds. The van der Waals surface area contributed by atoms with Crippen LogP contribution in [0.3, 0.4) is 0 Å². The van der Waals surface area contributed by atoms with Gasteiger partial charge in [-0.05, 0) is 11.4 Å². The molecule has 150 valence electrons. The second-order valence-electron chi connectivity index (χ2n) is 6.12. The number of fused-ring (bicyclic) bond motifs is 1. The average Bonchev–Trinajstić information content (AvgIpc) is 3.40. The molecule has 11 nitrogen and oxygen atoms in total. The third-order valence-corrected chi connectivity index (χ3v) is 5.68. The van der Waals surface area contributed by atoms with E-state index < -0.39 is 35.8 Å². The number of ether oxygens (including phenoxy) is 1. The van der Waals surface area contributed by atoms with Gasteiger partial charge in [-0.2, -0.15) is 0 Å². The van der Waals surface area contributed by atoms with Gasteiger partial charge in [0.1, 0.15) is 24.6 Å². The Morgan fingerprint density at radius 1 is 1.29 bits per heavy atom. The summed E-state index contributed by atoms with van der Waals surface area (Å²) in [5, 5.41) is 25.8. The molecule has 5 atom stereocenters. The summed E-state index contributed by atoms with van der Waals surface area (Å²) in [6.45, 7) is 0.483. The maximum atomic E-state index is 10.8. The summed E-state index contributed by atoms with van der Waals surface area (Å²) in [4.78, 5) is 13.9. The maximum absolute atomic E-state index is 10.8. The number of nitrogens with one attached hydrogen (secondary N) is 2. The van der Waals surface area contributed by atoms with Crippen LogP contribution < -0.4 is 10.0 Å². The summed E-state index contributed by atoms with van der Waals surface area (Å²) >= 11 is -0.624. The summed E-state index contributed by atoms with van der Waals surface area (Å²) in [5.41, 5.74) is 0.932. The predicted octanol–water partition coefficient (Wildman–Crippen LogP) is -0.155. The van der Waals surface area contributed by atoms with E-state index in [0.717, 1.165) is 4.88 Å². The Kier molecular flexibility index (Phi) is 5.63. The predicted molar refractivity (Wildman–Crippen MR) is 102 cm³/mol. The number of aliphatic hydroxyl groups is 2. The summed E-state index contributed by atoms with van der Waals surface area (Å²) in [5.74, 6) is 0.541. The van der Waals surface area contributed by atoms with Gasteiger partial charge in [0, 0.05) is 11.4 Å². The first-order chi connectivity index (χ1) is 13.5. The first-order valence-electron chi connectivity index (χ1n) is 8.34. The van der Waals surface area contributed by atoms with Crippen molar-refractivity contribution in [3.05, 3.63) is 35.0 Å². The minimum absolute atomic E-state index is 0.104. The van der Waals surface area contributed by atoms with Crippen LogP contribution in [0.25, 0.3) is 11.2 Å². The van der Waals surface area contributed by atoms with E-state index >= 15 is 0 Å². The van der Waals surface area contributed by atoms with Crippen LogP contribution in [0.1, 0.15) is 11.1 Å². The summed E-state index contributed by atoms with van der Waals surface area (Å²) in [6, 6.07) is 3.97. The highest BCUT2D eigenvalue weighted by Gasteiger charge is 2.44. The van der Waals surface area contributed by atoms with Gasteiger partial charge >= 0.3 is 0 Å². The lowest BCUT2D eigenvalue weighted by Crippen LogP contribution is -2.38. The number of aromatic nitrogens is 4. The second-order valence-corrected chi connectivity index (χ2v) is 7.94. The van der Waals surface area contributed by atoms with E-state index in [1.165, 1.54) is 17.2 Å². The van der Waals surface area contributed by atoms with Gasteiger partial charge in [-0.3, -0.25) is 9.12 Å². The highest BCUT2D eigenvalue weighted by Crippen LogP contribution is 2.32. The highest BCUT2D eigenvalue weighted by molar-refractivity contribution is 7.77. The minimum atomic E-state index is -2.25. The van der Waals surface area contributed by atoms with E-state index in [0.29, 0.717) is 23.5 Å². The van der Waals surface area contributed by atoms with Crippen LogP contribution in [0.15, 0.2) is 30.2 Å². The molecule has 1 fully saturated rings. The van der Waals surface area contributed by atoms with Gasteiger partial charge in [-0.25, -0.2) is 23.9 Å². The second kappa shape index (κ2) is 8.16. The Balaban J connectivity index is 1.56. The van der Waals surface area contributed by atoms with Gasteiger partial charge < -0.3 is 20.3 Å². The fourth-order valence-corrected chi connectivity index (χ4v) is 3.98. The molecule has 3 aromatic heterocycles. The van der Waals surface area contributed by atoms with Crippen LogP contribution in [0.2, 0.25) is 0 Å². The molecule has 5 N–H and O–H groups in total. The van der Waals surface area contributed by atoms with Gasteiger partial charge in [0.15, 0.2) is 23.2 Å². The molecule has 1 aliphatic heterocycles. The average molecular weight is 426 g/mol. The van der Waals surface area contributed by atoms with Crippen molar-refractivity contribution < 1.29 is 23.7 Å². The molecule has 4 heterocycles. The minimum Gasteiger partial charge on any atom is -0.387 e. The molecule has 1 saturated heterocycles. The number of aliphatic hydroxyl groups excluding tert-OH is 2. The normalized spacial score (nSPS) is 26.0. The van der Waals surface area contributed by atoms with E-state index in [-0.39, 0.29) is 6.54 Å². The zero-order valence-corrected chi connectivity index (χ0v) is 16.0. The number of hydrogen-bond acceptors (Lipinski definition) is 9. The standard InChI is InChI=1S/C15H18N6O5S2/c22-11-9(5-20-28(24)25)26-15(12(11)23)21-7-19-10-13(17-6-18-14(10)21)16-4-8-2-1-3-27-8/h1-3,6-7,9,11-12,15,20,22-23H,4-5H2,(H,24,25)(H,16,17,18)/t9-,11-,12-,15-/m1/s1. The fourth-order valence-electron chi connectivity index (χ4n) is 3.03. The Morgan fingerprint density at radius 2 is 2.14 bits per heavy atom. The molecule has 0 aromatic carbocycles. The number of hydrogen-bond donors (Lipinski definition) is 5. The van der Waals surface area contributed by atoms with Gasteiger partial charge in [-0.1, -0.05) is 6.07 Å². The SMILES string of the molecule is O=S(O)NC[C@H]1O[C@@H](n2cnc3c(NCc4cccs4)ncnc32)[C@H](O)[C@@H]1O. The largest absolute Gasteiger partial charge is 0.387 e. The highest BCUT2D eigenvalue weighted by atomic mass is 32.2. The summed E-state index contributed by atoms with van der Waals surface area (Å²) in [7, 11) is 0. The van der Waals surface area contributed by atoms with Crippen molar-refractivity contribution in [1.29, 1.82) is 0 Å². The third kappa shape index (κ3) is 3.77. The van der Waals surface area contributed by atoms with Crippen molar-refractivity contribution in [2.45, 2.75) is 31.1 Å². The molecule has 3 aromatic rings. The monoisotopic (exact) mass is 426 g/mol. The van der Waals surface area contributed by atoms with Gasteiger partial charge in [-0.15, -0.1) is 11.3 Å². The smallest absolute Gasteiger partial charge is 0.231 e. The molecule has 0 saturated carbocycles. The van der Waals surface area contributed by atoms with Crippen molar-refractivity contribution in [3.63, 3.8) is 0 Å². The molecule has 0 radical (unpaired) electrons. The Hall–Kier alpha value is -2.00. The number of nitrogens with zero attached hydrogens (tertiary/aromatic N) is 4. The lowest BCUT2D eigenvalue weighted by atomic mass is 10.1. The van der Waals surface area contributed by atoms with Crippen LogP contribution >= 0.6 is 11.3 Å². The summed E-state index contributed by atoms with van der Waals surface area (Å²) in [6.07, 6.45) is -1.48. The lowest BCUT2D eigenvalue weighted by Gasteiger charge is -2.16. The number of anilines is 1. The molecular weight excluding hydrogens is 408 g/mol. The molecule has 4 rings (SSSR count). The Morgan fingerprint density at radius 3 is 2.89 bits per heavy atom. The number of rotatable bonds is 7. The number of imidazole rings is 1. The molecule has 1 aliphatic rings. The first kappa shape index (κ1) is 19.3. The fraction of sp³-hybridized carbons (Fsp3) is 0.400. The molecule has 0 aliphatic carbocycles. The zero-order chi connectivity index (χ0) is 19.7. The van der Waals surface area contributed by atoms with E-state index in [9.17, 15) is 14.4 Å². The van der Waals surface area contributed by atoms with Crippen molar-refractivity contribution in [2.75, 3.05) is 11.9 Å². The van der Waals surface area contributed by atoms with Crippen LogP contribution in [-0.4, -0.2) is 63.4 Å². The van der Waals surface area contributed by atoms with Crippen LogP contribution in [0.4, 0.5) is 5.82 Å². The van der Waals surface area contributed by atoms with Crippen LogP contribution in [-0.2, 0) is 22.5 Å². The quantitative estimate of drug-likeness (QED) is 0.324. The first-order valence-corrected chi connectivity index (χ1v) is 10.3. The molecular formula is C15H18N6O5S2.